The lowest BCUT2D eigenvalue weighted by Gasteiger charge is -1.87. The molecule has 6 heavy (non-hydrogen) atoms. The quantitative estimate of drug-likeness (QED) is 0.526. The van der Waals surface area contributed by atoms with Crippen molar-refractivity contribution in [3.63, 3.8) is 0 Å². The molecule has 0 unspecified atom stereocenters. The van der Waals surface area contributed by atoms with Gasteiger partial charge in [-0.15, -0.1) is 0 Å². The van der Waals surface area contributed by atoms with Gasteiger partial charge in [0.2, 0.25) is 0 Å². The normalized spacial score (nSPS) is 8.33. The third-order valence-electron chi connectivity index (χ3n) is 0.580. The van der Waals surface area contributed by atoms with Crippen LogP contribution in [-0.2, 0) is 0 Å². The predicted molar refractivity (Wildman–Crippen MR) is 32.9 cm³/mol. The van der Waals surface area contributed by atoms with Crippen molar-refractivity contribution in [2.75, 3.05) is 5.33 Å². The first-order valence-electron chi connectivity index (χ1n) is 1.84. The number of halogens is 1. The number of alkyl halides is 1. The summed E-state index contributed by atoms with van der Waals surface area (Å²) in [5.41, 5.74) is 1.13. The Morgan fingerprint density at radius 1 is 2.00 bits per heavy atom. The fourth-order valence-corrected chi connectivity index (χ4v) is 0.401. The van der Waals surface area contributed by atoms with E-state index in [1.54, 1.807) is 0 Å². The van der Waals surface area contributed by atoms with E-state index in [0.29, 0.717) is 0 Å². The van der Waals surface area contributed by atoms with E-state index in [-0.39, 0.29) is 0 Å². The van der Waals surface area contributed by atoms with Crippen LogP contribution < -0.4 is 0 Å². The third kappa shape index (κ3) is 2.46. The Morgan fingerprint density at radius 3 is 2.50 bits per heavy atom. The Labute approximate surface area is 47.4 Å². The second kappa shape index (κ2) is 3.41. The van der Waals surface area contributed by atoms with Gasteiger partial charge in [0.05, 0.1) is 0 Å². The van der Waals surface area contributed by atoms with Crippen LogP contribution in [0.15, 0.2) is 12.2 Å². The lowest BCUT2D eigenvalue weighted by atomic mass is 10.3. The number of rotatable bonds is 2. The van der Waals surface area contributed by atoms with Gasteiger partial charge < -0.3 is 0 Å². The van der Waals surface area contributed by atoms with Crippen LogP contribution in [0.3, 0.4) is 0 Å². The van der Waals surface area contributed by atoms with Crippen molar-refractivity contribution in [2.24, 2.45) is 0 Å². The second-order valence-electron chi connectivity index (χ2n) is 1.08. The highest BCUT2D eigenvalue weighted by Crippen LogP contribution is 1.97. The van der Waals surface area contributed by atoms with Gasteiger partial charge in [-0.3, -0.25) is 0 Å². The van der Waals surface area contributed by atoms with Crippen molar-refractivity contribution in [1.29, 1.82) is 0 Å². The summed E-state index contributed by atoms with van der Waals surface area (Å²) in [7, 11) is 0. The molecule has 0 spiro atoms. The maximum absolute atomic E-state index is 3.69. The molecule has 0 aromatic carbocycles. The lowest BCUT2D eigenvalue weighted by molar-refractivity contribution is 1.40. The van der Waals surface area contributed by atoms with E-state index >= 15 is 0 Å². The van der Waals surface area contributed by atoms with Crippen molar-refractivity contribution in [3.05, 3.63) is 18.6 Å². The lowest BCUT2D eigenvalue weighted by Crippen LogP contribution is -1.74. The first-order valence-corrected chi connectivity index (χ1v) is 2.96. The Kier molecular flexibility index (Phi) is 3.54. The van der Waals surface area contributed by atoms with Crippen molar-refractivity contribution in [1.82, 2.24) is 0 Å². The molecule has 0 fully saturated rings. The number of hydrogen-bond acceptors (Lipinski definition) is 0. The summed E-state index contributed by atoms with van der Waals surface area (Å²) in [4.78, 5) is 0. The fourth-order valence-electron chi connectivity index (χ4n) is 0.0772. The molecule has 0 aliphatic rings. The van der Waals surface area contributed by atoms with E-state index in [9.17, 15) is 0 Å². The SMILES string of the molecule is C=C([CH]C)CBr. The molecule has 35 valence electrons. The molecular weight excluding hydrogens is 140 g/mol. The van der Waals surface area contributed by atoms with Gasteiger partial charge in [-0.05, 0) is 6.42 Å². The fraction of sp³-hybridized carbons (Fsp3) is 0.400. The Morgan fingerprint density at radius 2 is 2.50 bits per heavy atom. The van der Waals surface area contributed by atoms with Gasteiger partial charge in [0, 0.05) is 5.33 Å². The smallest absolute Gasteiger partial charge is 0.0242 e. The van der Waals surface area contributed by atoms with Gasteiger partial charge in [0.15, 0.2) is 0 Å². The summed E-state index contributed by atoms with van der Waals surface area (Å²) in [5, 5.41) is 0.892. The molecule has 1 radical (unpaired) electrons. The van der Waals surface area contributed by atoms with Crippen molar-refractivity contribution in [3.8, 4) is 0 Å². The molecule has 0 aromatic heterocycles. The van der Waals surface area contributed by atoms with Crippen LogP contribution in [0.5, 0.6) is 0 Å². The van der Waals surface area contributed by atoms with Gasteiger partial charge in [-0.2, -0.15) is 0 Å². The van der Waals surface area contributed by atoms with E-state index in [0.717, 1.165) is 10.9 Å². The third-order valence-corrected chi connectivity index (χ3v) is 1.30. The summed E-state index contributed by atoms with van der Waals surface area (Å²) in [6.07, 6.45) is 1.98. The van der Waals surface area contributed by atoms with E-state index in [2.05, 4.69) is 22.5 Å². The molecule has 0 amide bonds. The van der Waals surface area contributed by atoms with Crippen molar-refractivity contribution < 1.29 is 0 Å². The highest BCUT2D eigenvalue weighted by molar-refractivity contribution is 9.09. The molecule has 0 aliphatic heterocycles. The van der Waals surface area contributed by atoms with Crippen LogP contribution in [0.1, 0.15) is 6.92 Å². The largest absolute Gasteiger partial charge is 0.0987 e. The monoisotopic (exact) mass is 147 g/mol. The maximum Gasteiger partial charge on any atom is 0.0242 e. The van der Waals surface area contributed by atoms with Gasteiger partial charge in [0.25, 0.3) is 0 Å². The van der Waals surface area contributed by atoms with Gasteiger partial charge in [-0.1, -0.05) is 35.0 Å². The van der Waals surface area contributed by atoms with E-state index in [4.69, 9.17) is 0 Å². The zero-order valence-corrected chi connectivity index (χ0v) is 5.46. The van der Waals surface area contributed by atoms with Crippen LogP contribution in [0.25, 0.3) is 0 Å². The first-order chi connectivity index (χ1) is 2.81. The molecule has 0 aliphatic carbocycles. The predicted octanol–water partition coefficient (Wildman–Crippen LogP) is 2.16. The minimum atomic E-state index is 0.892. The molecule has 0 heterocycles. The molecule has 0 saturated carbocycles. The highest BCUT2D eigenvalue weighted by Gasteiger charge is 1.80. The topological polar surface area (TPSA) is 0 Å². The number of allylic oxidation sites excluding steroid dienone is 1. The van der Waals surface area contributed by atoms with Gasteiger partial charge >= 0.3 is 0 Å². The molecule has 0 bridgehead atoms. The van der Waals surface area contributed by atoms with E-state index < -0.39 is 0 Å². The van der Waals surface area contributed by atoms with Crippen molar-refractivity contribution in [2.45, 2.75) is 6.92 Å². The molecule has 1 heteroatoms. The summed E-state index contributed by atoms with van der Waals surface area (Å²) < 4.78 is 0. The van der Waals surface area contributed by atoms with Crippen molar-refractivity contribution >= 4 is 15.9 Å². The number of hydrogen-bond donors (Lipinski definition) is 0. The molecule has 0 N–H and O–H groups in total. The standard InChI is InChI=1S/C5H8Br/c1-3-5(2)4-6/h3H,2,4H2,1H3. The zero-order chi connectivity index (χ0) is 4.99. The minimum absolute atomic E-state index is 0.892. The van der Waals surface area contributed by atoms with Crippen LogP contribution in [0.4, 0.5) is 0 Å². The van der Waals surface area contributed by atoms with E-state index in [1.807, 2.05) is 13.3 Å². The highest BCUT2D eigenvalue weighted by atomic mass is 79.9. The molecular formula is C5H8Br. The molecule has 0 rings (SSSR count). The summed E-state index contributed by atoms with van der Waals surface area (Å²) in [6, 6.07) is 0. The van der Waals surface area contributed by atoms with Gasteiger partial charge in [0.1, 0.15) is 0 Å². The summed E-state index contributed by atoms with van der Waals surface area (Å²) in [5.74, 6) is 0. The van der Waals surface area contributed by atoms with Crippen LogP contribution >= 0.6 is 15.9 Å². The molecule has 0 saturated heterocycles. The van der Waals surface area contributed by atoms with Crippen LogP contribution in [0, 0.1) is 6.42 Å². The minimum Gasteiger partial charge on any atom is -0.0987 e. The summed E-state index contributed by atoms with van der Waals surface area (Å²) >= 11 is 3.24. The van der Waals surface area contributed by atoms with Gasteiger partial charge in [-0.25, -0.2) is 0 Å². The average molecular weight is 148 g/mol. The molecule has 0 nitrogen and oxygen atoms in total. The summed E-state index contributed by atoms with van der Waals surface area (Å²) in [6.45, 7) is 5.67. The van der Waals surface area contributed by atoms with Crippen LogP contribution in [-0.4, -0.2) is 5.33 Å². The average Bonchev–Trinajstić information content (AvgIpc) is 1.65. The zero-order valence-electron chi connectivity index (χ0n) is 3.87. The van der Waals surface area contributed by atoms with E-state index in [1.165, 1.54) is 0 Å². The second-order valence-corrected chi connectivity index (χ2v) is 1.64. The Bertz CT molecular complexity index is 41.9. The Hall–Kier alpha value is 0.220. The maximum atomic E-state index is 3.69. The molecule has 0 aromatic rings. The van der Waals surface area contributed by atoms with Crippen LogP contribution in [0.2, 0.25) is 0 Å². The molecule has 0 atom stereocenters. The first kappa shape index (κ1) is 6.22. The Balaban J connectivity index is 2.99.